The number of oxazole rings is 1. The fourth-order valence-corrected chi connectivity index (χ4v) is 2.72. The first-order chi connectivity index (χ1) is 11.7. The Kier molecular flexibility index (Phi) is 4.96. The normalized spacial score (nSPS) is 12.3. The predicted octanol–water partition coefficient (Wildman–Crippen LogP) is 4.54. The molecule has 0 unspecified atom stereocenters. The van der Waals surface area contributed by atoms with Crippen LogP contribution in [0.1, 0.15) is 24.4 Å². The molecule has 24 heavy (non-hydrogen) atoms. The minimum absolute atomic E-state index is 0.188. The van der Waals surface area contributed by atoms with Crippen LogP contribution >= 0.6 is 0 Å². The van der Waals surface area contributed by atoms with Gasteiger partial charge in [-0.05, 0) is 20.0 Å². The maximum atomic E-state index is 5.90. The van der Waals surface area contributed by atoms with Crippen LogP contribution in [-0.4, -0.2) is 24.0 Å². The molecule has 0 N–H and O–H groups in total. The summed E-state index contributed by atoms with van der Waals surface area (Å²) in [6, 6.07) is 18.3. The first-order valence-corrected chi connectivity index (χ1v) is 8.02. The van der Waals surface area contributed by atoms with E-state index >= 15 is 0 Å². The van der Waals surface area contributed by atoms with Crippen LogP contribution in [0.5, 0.6) is 5.75 Å². The number of para-hydroxylation sites is 1. The Morgan fingerprint density at radius 3 is 2.54 bits per heavy atom. The van der Waals surface area contributed by atoms with Crippen LogP contribution in [-0.2, 0) is 6.54 Å². The second kappa shape index (κ2) is 7.32. The van der Waals surface area contributed by atoms with Gasteiger partial charge in [0, 0.05) is 17.2 Å². The van der Waals surface area contributed by atoms with Crippen molar-refractivity contribution in [3.8, 4) is 17.1 Å². The molecular formula is C20H22N2O2. The van der Waals surface area contributed by atoms with Gasteiger partial charge in [-0.15, -0.1) is 0 Å². The monoisotopic (exact) mass is 322 g/mol. The zero-order valence-electron chi connectivity index (χ0n) is 14.3. The van der Waals surface area contributed by atoms with Crippen molar-refractivity contribution in [2.45, 2.75) is 19.5 Å². The molecule has 0 radical (unpaired) electrons. The van der Waals surface area contributed by atoms with E-state index in [4.69, 9.17) is 9.15 Å². The van der Waals surface area contributed by atoms with Crippen molar-refractivity contribution in [3.05, 3.63) is 72.2 Å². The highest BCUT2D eigenvalue weighted by Gasteiger charge is 2.18. The Morgan fingerprint density at radius 2 is 1.79 bits per heavy atom. The highest BCUT2D eigenvalue weighted by atomic mass is 16.5. The fraction of sp³-hybridized carbons (Fsp3) is 0.250. The van der Waals surface area contributed by atoms with Crippen molar-refractivity contribution in [2.24, 2.45) is 0 Å². The van der Waals surface area contributed by atoms with Crippen molar-refractivity contribution < 1.29 is 9.15 Å². The average Bonchev–Trinajstić information content (AvgIpc) is 3.10. The predicted molar refractivity (Wildman–Crippen MR) is 94.8 cm³/mol. The van der Waals surface area contributed by atoms with Crippen molar-refractivity contribution in [2.75, 3.05) is 14.2 Å². The lowest BCUT2D eigenvalue weighted by molar-refractivity contribution is 0.224. The van der Waals surface area contributed by atoms with Crippen molar-refractivity contribution >= 4 is 0 Å². The lowest BCUT2D eigenvalue weighted by Gasteiger charge is -2.25. The van der Waals surface area contributed by atoms with Crippen molar-refractivity contribution in [3.63, 3.8) is 0 Å². The zero-order chi connectivity index (χ0) is 16.9. The topological polar surface area (TPSA) is 38.5 Å². The van der Waals surface area contributed by atoms with Gasteiger partial charge in [-0.25, -0.2) is 4.98 Å². The van der Waals surface area contributed by atoms with E-state index in [0.717, 1.165) is 22.6 Å². The third kappa shape index (κ3) is 3.49. The van der Waals surface area contributed by atoms with Gasteiger partial charge >= 0.3 is 0 Å². The van der Waals surface area contributed by atoms with Gasteiger partial charge in [0.2, 0.25) is 5.89 Å². The van der Waals surface area contributed by atoms with E-state index < -0.39 is 0 Å². The van der Waals surface area contributed by atoms with E-state index in [1.54, 1.807) is 13.3 Å². The number of nitrogens with zero attached hydrogens (tertiary/aromatic N) is 2. The minimum Gasteiger partial charge on any atom is -0.496 e. The van der Waals surface area contributed by atoms with Crippen LogP contribution in [0.25, 0.3) is 11.3 Å². The molecule has 4 heteroatoms. The maximum Gasteiger partial charge on any atom is 0.209 e. The van der Waals surface area contributed by atoms with E-state index in [1.165, 1.54) is 0 Å². The number of hydrogen-bond acceptors (Lipinski definition) is 4. The summed E-state index contributed by atoms with van der Waals surface area (Å²) < 4.78 is 11.4. The van der Waals surface area contributed by atoms with Crippen molar-refractivity contribution in [1.29, 1.82) is 0 Å². The Labute approximate surface area is 142 Å². The lowest BCUT2D eigenvalue weighted by atomic mass is 10.1. The Bertz CT molecular complexity index is 783. The Hall–Kier alpha value is -2.59. The van der Waals surface area contributed by atoms with Gasteiger partial charge in [-0.3, -0.25) is 4.90 Å². The molecule has 0 amide bonds. The van der Waals surface area contributed by atoms with Crippen LogP contribution in [0.2, 0.25) is 0 Å². The third-order valence-electron chi connectivity index (χ3n) is 4.25. The number of ether oxygens (including phenoxy) is 1. The highest BCUT2D eigenvalue weighted by molar-refractivity contribution is 5.55. The Morgan fingerprint density at radius 1 is 1.08 bits per heavy atom. The molecule has 0 aliphatic rings. The molecule has 0 saturated carbocycles. The molecule has 3 aromatic rings. The van der Waals surface area contributed by atoms with Crippen LogP contribution < -0.4 is 4.74 Å². The number of benzene rings is 2. The lowest BCUT2D eigenvalue weighted by Crippen LogP contribution is -2.22. The molecule has 0 spiro atoms. The molecule has 1 aromatic heterocycles. The SMILES string of the molecule is COc1ccccc1[C@H](C)N(C)Cc1ncc(-c2ccccc2)o1. The number of hydrogen-bond donors (Lipinski definition) is 0. The highest BCUT2D eigenvalue weighted by Crippen LogP contribution is 2.29. The molecule has 0 aliphatic carbocycles. The molecular weight excluding hydrogens is 300 g/mol. The van der Waals surface area contributed by atoms with Gasteiger partial charge in [0.1, 0.15) is 5.75 Å². The zero-order valence-corrected chi connectivity index (χ0v) is 14.3. The molecule has 0 aliphatic heterocycles. The van der Waals surface area contributed by atoms with E-state index in [-0.39, 0.29) is 6.04 Å². The van der Waals surface area contributed by atoms with E-state index in [2.05, 4.69) is 29.9 Å². The van der Waals surface area contributed by atoms with Crippen molar-refractivity contribution in [1.82, 2.24) is 9.88 Å². The molecule has 0 bridgehead atoms. The summed E-state index contributed by atoms with van der Waals surface area (Å²) in [6.07, 6.45) is 1.78. The van der Waals surface area contributed by atoms with Gasteiger partial charge in [0.05, 0.1) is 19.9 Å². The van der Waals surface area contributed by atoms with Crippen LogP contribution in [0.15, 0.2) is 65.2 Å². The van der Waals surface area contributed by atoms with Crippen LogP contribution in [0, 0.1) is 0 Å². The molecule has 1 heterocycles. The van der Waals surface area contributed by atoms with Crippen LogP contribution in [0.4, 0.5) is 0 Å². The molecule has 0 fully saturated rings. The standard InChI is InChI=1S/C20H22N2O2/c1-15(17-11-7-8-12-18(17)23-3)22(2)14-20-21-13-19(24-20)16-9-5-4-6-10-16/h4-13,15H,14H2,1-3H3/t15-/m0/s1. The third-order valence-corrected chi connectivity index (χ3v) is 4.25. The first-order valence-electron chi connectivity index (χ1n) is 8.02. The fourth-order valence-electron chi connectivity index (χ4n) is 2.72. The summed E-state index contributed by atoms with van der Waals surface area (Å²) in [5.74, 6) is 2.40. The molecule has 3 rings (SSSR count). The summed E-state index contributed by atoms with van der Waals surface area (Å²) >= 11 is 0. The average molecular weight is 322 g/mol. The molecule has 2 aromatic carbocycles. The van der Waals surface area contributed by atoms with Gasteiger partial charge in [-0.1, -0.05) is 48.5 Å². The van der Waals surface area contributed by atoms with Gasteiger partial charge in [0.25, 0.3) is 0 Å². The molecule has 1 atom stereocenters. The van der Waals surface area contributed by atoms with E-state index in [9.17, 15) is 0 Å². The Balaban J connectivity index is 1.73. The largest absolute Gasteiger partial charge is 0.496 e. The second-order valence-electron chi connectivity index (χ2n) is 5.82. The quantitative estimate of drug-likeness (QED) is 0.667. The first kappa shape index (κ1) is 16.3. The summed E-state index contributed by atoms with van der Waals surface area (Å²) in [4.78, 5) is 6.60. The molecule has 124 valence electrons. The van der Waals surface area contributed by atoms with Gasteiger partial charge in [0.15, 0.2) is 5.76 Å². The summed E-state index contributed by atoms with van der Waals surface area (Å²) in [7, 11) is 3.76. The maximum absolute atomic E-state index is 5.90. The summed E-state index contributed by atoms with van der Waals surface area (Å²) in [5.41, 5.74) is 2.19. The molecule has 0 saturated heterocycles. The molecule has 4 nitrogen and oxygen atoms in total. The number of rotatable bonds is 6. The number of methoxy groups -OCH3 is 1. The van der Waals surface area contributed by atoms with E-state index in [0.29, 0.717) is 12.4 Å². The van der Waals surface area contributed by atoms with Gasteiger partial charge in [-0.2, -0.15) is 0 Å². The minimum atomic E-state index is 0.188. The smallest absolute Gasteiger partial charge is 0.209 e. The van der Waals surface area contributed by atoms with Crippen LogP contribution in [0.3, 0.4) is 0 Å². The second-order valence-corrected chi connectivity index (χ2v) is 5.82. The summed E-state index contributed by atoms with van der Waals surface area (Å²) in [5, 5.41) is 0. The van der Waals surface area contributed by atoms with Gasteiger partial charge < -0.3 is 9.15 Å². The summed E-state index contributed by atoms with van der Waals surface area (Å²) in [6.45, 7) is 2.78. The van der Waals surface area contributed by atoms with E-state index in [1.807, 2.05) is 48.5 Å². The number of aromatic nitrogens is 1.